The van der Waals surface area contributed by atoms with E-state index in [0.29, 0.717) is 17.9 Å². The van der Waals surface area contributed by atoms with Gasteiger partial charge < -0.3 is 11.3 Å². The first-order chi connectivity index (χ1) is 10.5. The molecular weight excluding hydrogens is 280 g/mol. The number of nitrogens with two attached hydrogens (primary N) is 2. The van der Waals surface area contributed by atoms with Crippen molar-refractivity contribution in [3.8, 4) is 0 Å². The van der Waals surface area contributed by atoms with Crippen LogP contribution in [0.1, 0.15) is 35.3 Å². The minimum absolute atomic E-state index is 0.0327. The highest BCUT2D eigenvalue weighted by atomic mass is 16.1. The third kappa shape index (κ3) is 3.50. The van der Waals surface area contributed by atoms with E-state index in [4.69, 9.17) is 11.7 Å². The van der Waals surface area contributed by atoms with Crippen molar-refractivity contribution in [2.24, 2.45) is 22.7 Å². The summed E-state index contributed by atoms with van der Waals surface area (Å²) in [6.45, 7) is 4.33. The summed E-state index contributed by atoms with van der Waals surface area (Å²) >= 11 is 0. The van der Waals surface area contributed by atoms with Crippen LogP contribution in [0.3, 0.4) is 0 Å². The van der Waals surface area contributed by atoms with Crippen molar-refractivity contribution in [1.82, 2.24) is 15.2 Å². The third-order valence-corrected chi connectivity index (χ3v) is 3.28. The molecule has 0 spiro atoms. The molecule has 0 saturated heterocycles. The quantitative estimate of drug-likeness (QED) is 0.249. The number of nitrogens with zero attached hydrogens (tertiary/aromatic N) is 3. The molecule has 1 aromatic carbocycles. The highest BCUT2D eigenvalue weighted by Crippen LogP contribution is 2.10. The third-order valence-electron chi connectivity index (χ3n) is 3.28. The number of hydrazone groups is 1. The number of nitrogens with one attached hydrogen (secondary N) is 1. The first kappa shape index (κ1) is 15.7. The monoisotopic (exact) mass is 300 g/mol. The summed E-state index contributed by atoms with van der Waals surface area (Å²) in [6.07, 6.45) is 3.37. The summed E-state index contributed by atoms with van der Waals surface area (Å²) in [6, 6.07) is 7.60. The Balaban J connectivity index is 2.10. The van der Waals surface area contributed by atoms with Gasteiger partial charge in [0.15, 0.2) is 11.6 Å². The molecule has 2 rings (SSSR count). The lowest BCUT2D eigenvalue weighted by Gasteiger charge is -2.06. The van der Waals surface area contributed by atoms with Crippen LogP contribution in [0.5, 0.6) is 0 Å². The van der Waals surface area contributed by atoms with Crippen molar-refractivity contribution in [2.45, 2.75) is 20.4 Å². The van der Waals surface area contributed by atoms with E-state index >= 15 is 0 Å². The molecular formula is C15H20N6O. The second-order valence-electron chi connectivity index (χ2n) is 5.26. The van der Waals surface area contributed by atoms with Gasteiger partial charge in [-0.3, -0.25) is 9.48 Å². The van der Waals surface area contributed by atoms with Crippen LogP contribution in [0.25, 0.3) is 0 Å². The Hall–Kier alpha value is -2.67. The number of aromatic nitrogens is 2. The average Bonchev–Trinajstić information content (AvgIpc) is 2.97. The highest BCUT2D eigenvalue weighted by Gasteiger charge is 2.12. The molecule has 0 aliphatic carbocycles. The van der Waals surface area contributed by atoms with E-state index in [0.717, 1.165) is 11.1 Å². The lowest BCUT2D eigenvalue weighted by Crippen LogP contribution is -2.32. The molecule has 0 aliphatic heterocycles. The first-order valence-electron chi connectivity index (χ1n) is 6.95. The van der Waals surface area contributed by atoms with Crippen LogP contribution in [-0.4, -0.2) is 21.4 Å². The van der Waals surface area contributed by atoms with E-state index in [9.17, 15) is 4.79 Å². The maximum atomic E-state index is 11.9. The number of hydrogen-bond acceptors (Lipinski definition) is 5. The molecule has 0 radical (unpaired) electrons. The van der Waals surface area contributed by atoms with Crippen LogP contribution in [0, 0.1) is 5.92 Å². The standard InChI is InChI=1S/C15H20N6O/c1-10(2)14(22)13-7-18-21(9-13)8-11-3-5-12(6-4-11)15(19-16)20-17/h3-7,9-10H,8,16-17H2,1-2H3,(H,19,20). The number of amidine groups is 1. The first-order valence-corrected chi connectivity index (χ1v) is 6.95. The van der Waals surface area contributed by atoms with Gasteiger partial charge in [0, 0.05) is 17.7 Å². The Kier molecular flexibility index (Phi) is 4.90. The lowest BCUT2D eigenvalue weighted by molar-refractivity contribution is 0.0939. The predicted octanol–water partition coefficient (Wildman–Crippen LogP) is 0.854. The normalized spacial score (nSPS) is 11.7. The van der Waals surface area contributed by atoms with Crippen molar-refractivity contribution < 1.29 is 4.79 Å². The van der Waals surface area contributed by atoms with Crippen LogP contribution in [0.4, 0.5) is 0 Å². The van der Waals surface area contributed by atoms with E-state index < -0.39 is 0 Å². The average molecular weight is 300 g/mol. The van der Waals surface area contributed by atoms with Crippen molar-refractivity contribution >= 4 is 11.6 Å². The van der Waals surface area contributed by atoms with Gasteiger partial charge in [-0.15, -0.1) is 0 Å². The summed E-state index contributed by atoms with van der Waals surface area (Å²) in [4.78, 5) is 11.9. The number of hydrazine groups is 1. The van der Waals surface area contributed by atoms with Crippen molar-refractivity contribution in [2.75, 3.05) is 0 Å². The van der Waals surface area contributed by atoms with Gasteiger partial charge in [0.25, 0.3) is 0 Å². The Morgan fingerprint density at radius 1 is 1.32 bits per heavy atom. The summed E-state index contributed by atoms with van der Waals surface area (Å²) in [5.41, 5.74) is 4.91. The van der Waals surface area contributed by atoms with Crippen LogP contribution in [0.2, 0.25) is 0 Å². The second-order valence-corrected chi connectivity index (χ2v) is 5.26. The zero-order chi connectivity index (χ0) is 16.1. The molecule has 0 unspecified atom stereocenters. The summed E-state index contributed by atoms with van der Waals surface area (Å²) < 4.78 is 1.74. The molecule has 1 heterocycles. The molecule has 7 nitrogen and oxygen atoms in total. The van der Waals surface area contributed by atoms with Gasteiger partial charge in [0.1, 0.15) is 0 Å². The molecule has 1 aromatic heterocycles. The maximum absolute atomic E-state index is 11.9. The fourth-order valence-electron chi connectivity index (χ4n) is 2.06. The number of hydrogen-bond donors (Lipinski definition) is 3. The van der Waals surface area contributed by atoms with Gasteiger partial charge in [0.2, 0.25) is 0 Å². The minimum atomic E-state index is -0.0327. The van der Waals surface area contributed by atoms with Gasteiger partial charge in [0.05, 0.1) is 18.3 Å². The number of rotatable bonds is 5. The van der Waals surface area contributed by atoms with Gasteiger partial charge in [-0.05, 0) is 5.56 Å². The number of benzene rings is 1. The molecule has 2 aromatic rings. The topological polar surface area (TPSA) is 111 Å². The Morgan fingerprint density at radius 2 is 2.00 bits per heavy atom. The highest BCUT2D eigenvalue weighted by molar-refractivity contribution is 5.98. The second kappa shape index (κ2) is 6.86. The molecule has 5 N–H and O–H groups in total. The molecule has 7 heteroatoms. The summed E-state index contributed by atoms with van der Waals surface area (Å²) in [7, 11) is 0. The van der Waals surface area contributed by atoms with E-state index in [-0.39, 0.29) is 11.7 Å². The Bertz CT molecular complexity index is 672. The Morgan fingerprint density at radius 3 is 2.55 bits per heavy atom. The van der Waals surface area contributed by atoms with Gasteiger partial charge in [-0.25, -0.2) is 5.84 Å². The number of Topliss-reactive ketones (excluding diaryl/α,β-unsaturated/α-hetero) is 1. The van der Waals surface area contributed by atoms with E-state index in [1.807, 2.05) is 38.1 Å². The van der Waals surface area contributed by atoms with Crippen molar-refractivity contribution in [3.05, 3.63) is 53.3 Å². The fourth-order valence-corrected chi connectivity index (χ4v) is 2.06. The van der Waals surface area contributed by atoms with E-state index in [1.54, 1.807) is 17.1 Å². The maximum Gasteiger partial charge on any atom is 0.168 e. The molecule has 0 aliphatic rings. The molecule has 116 valence electrons. The summed E-state index contributed by atoms with van der Waals surface area (Å²) in [5, 5.41) is 7.78. The van der Waals surface area contributed by atoms with Gasteiger partial charge in [-0.1, -0.05) is 38.1 Å². The van der Waals surface area contributed by atoms with Crippen molar-refractivity contribution in [1.29, 1.82) is 0 Å². The Labute approximate surface area is 129 Å². The zero-order valence-electron chi connectivity index (χ0n) is 12.7. The fraction of sp³-hybridized carbons (Fsp3) is 0.267. The smallest absolute Gasteiger partial charge is 0.168 e. The van der Waals surface area contributed by atoms with Crippen LogP contribution in [0.15, 0.2) is 41.8 Å². The molecule has 0 atom stereocenters. The number of carbonyl (C=O) groups is 1. The number of ketones is 1. The molecule has 22 heavy (non-hydrogen) atoms. The molecule has 0 saturated carbocycles. The zero-order valence-corrected chi connectivity index (χ0v) is 12.7. The van der Waals surface area contributed by atoms with Crippen LogP contribution >= 0.6 is 0 Å². The van der Waals surface area contributed by atoms with Crippen LogP contribution in [-0.2, 0) is 6.54 Å². The van der Waals surface area contributed by atoms with Gasteiger partial charge in [-0.2, -0.15) is 10.2 Å². The van der Waals surface area contributed by atoms with Gasteiger partial charge >= 0.3 is 0 Å². The van der Waals surface area contributed by atoms with Crippen molar-refractivity contribution in [3.63, 3.8) is 0 Å². The molecule has 0 fully saturated rings. The predicted molar refractivity (Wildman–Crippen MR) is 85.0 cm³/mol. The van der Waals surface area contributed by atoms with E-state index in [2.05, 4.69) is 15.6 Å². The summed E-state index contributed by atoms with van der Waals surface area (Å²) in [5.74, 6) is 11.0. The molecule has 0 amide bonds. The largest absolute Gasteiger partial charge is 0.321 e. The van der Waals surface area contributed by atoms with E-state index in [1.165, 1.54) is 0 Å². The van der Waals surface area contributed by atoms with Crippen LogP contribution < -0.4 is 17.1 Å². The molecule has 0 bridgehead atoms. The minimum Gasteiger partial charge on any atom is -0.321 e. The SMILES string of the molecule is CC(C)C(=O)c1cnn(Cc2ccc(/C(=N/N)NN)cc2)c1. The number of carbonyl (C=O) groups excluding carboxylic acids is 1. The lowest BCUT2D eigenvalue weighted by atomic mass is 10.0.